The van der Waals surface area contributed by atoms with Crippen LogP contribution in [0.25, 0.3) is 0 Å². The summed E-state index contributed by atoms with van der Waals surface area (Å²) in [5.74, 6) is 0.511. The predicted octanol–water partition coefficient (Wildman–Crippen LogP) is 5.07. The minimum Gasteiger partial charge on any atom is -0.489 e. The molecule has 0 aromatic heterocycles. The van der Waals surface area contributed by atoms with Crippen LogP contribution in [-0.2, 0) is 26.2 Å². The first kappa shape index (κ1) is 23.2. The average Bonchev–Trinajstić information content (AvgIpc) is 2.68. The van der Waals surface area contributed by atoms with Crippen LogP contribution in [0.3, 0.4) is 0 Å². The molecule has 6 nitrogen and oxygen atoms in total. The maximum atomic E-state index is 12.4. The zero-order valence-corrected chi connectivity index (χ0v) is 19.0. The zero-order valence-electron chi connectivity index (χ0n) is 17.4. The summed E-state index contributed by atoms with van der Waals surface area (Å²) in [4.78, 5) is 12.4. The molecule has 29 heavy (non-hydrogen) atoms. The molecule has 158 valence electrons. The number of ether oxygens (including phenoxy) is 5. The van der Waals surface area contributed by atoms with Gasteiger partial charge in [-0.25, -0.2) is 4.79 Å². The molecule has 0 amide bonds. The van der Waals surface area contributed by atoms with Gasteiger partial charge in [0.15, 0.2) is 13.6 Å². The molecule has 0 unspecified atom stereocenters. The van der Waals surface area contributed by atoms with Gasteiger partial charge in [-0.2, -0.15) is 0 Å². The van der Waals surface area contributed by atoms with Crippen molar-refractivity contribution in [3.8, 4) is 11.5 Å². The zero-order chi connectivity index (χ0) is 21.4. The normalized spacial score (nSPS) is 11.2. The lowest BCUT2D eigenvalue weighted by Crippen LogP contribution is -2.13. The molecule has 0 fully saturated rings. The van der Waals surface area contributed by atoms with Crippen molar-refractivity contribution in [1.29, 1.82) is 0 Å². The van der Waals surface area contributed by atoms with E-state index >= 15 is 0 Å². The van der Waals surface area contributed by atoms with Gasteiger partial charge in [0.2, 0.25) is 0 Å². The number of benzene rings is 2. The fourth-order valence-electron chi connectivity index (χ4n) is 2.60. The Kier molecular flexibility index (Phi) is 8.49. The first-order chi connectivity index (χ1) is 13.8. The van der Waals surface area contributed by atoms with Gasteiger partial charge in [-0.15, -0.1) is 0 Å². The van der Waals surface area contributed by atoms with E-state index in [1.54, 1.807) is 6.07 Å². The van der Waals surface area contributed by atoms with Crippen LogP contribution in [0.4, 0.5) is 0 Å². The molecule has 2 aromatic carbocycles. The van der Waals surface area contributed by atoms with Crippen molar-refractivity contribution in [2.75, 3.05) is 27.8 Å². The Hall–Kier alpha value is -2.09. The van der Waals surface area contributed by atoms with Gasteiger partial charge in [0.05, 0.1) is 0 Å². The van der Waals surface area contributed by atoms with Crippen LogP contribution in [-0.4, -0.2) is 33.8 Å². The highest BCUT2D eigenvalue weighted by molar-refractivity contribution is 9.10. The van der Waals surface area contributed by atoms with Crippen molar-refractivity contribution < 1.29 is 28.5 Å². The second kappa shape index (κ2) is 10.6. The summed E-state index contributed by atoms with van der Waals surface area (Å²) >= 11 is 3.43. The minimum absolute atomic E-state index is 0.0144. The first-order valence-electron chi connectivity index (χ1n) is 9.09. The molecule has 0 aliphatic rings. The van der Waals surface area contributed by atoms with Crippen LogP contribution < -0.4 is 9.47 Å². The van der Waals surface area contributed by atoms with E-state index in [1.165, 1.54) is 19.8 Å². The summed E-state index contributed by atoms with van der Waals surface area (Å²) in [5, 5.41) is 0. The summed E-state index contributed by atoms with van der Waals surface area (Å²) in [6, 6.07) is 11.4. The Morgan fingerprint density at radius 2 is 1.62 bits per heavy atom. The number of carbonyl (C=O) groups is 1. The Morgan fingerprint density at radius 3 is 2.21 bits per heavy atom. The molecule has 0 bridgehead atoms. The molecule has 0 aliphatic heterocycles. The molecule has 2 rings (SSSR count). The number of rotatable bonds is 9. The maximum absolute atomic E-state index is 12.4. The molecule has 0 saturated carbocycles. The third kappa shape index (κ3) is 6.73. The van der Waals surface area contributed by atoms with Crippen molar-refractivity contribution in [2.45, 2.75) is 32.8 Å². The van der Waals surface area contributed by atoms with Crippen molar-refractivity contribution >= 4 is 21.9 Å². The van der Waals surface area contributed by atoms with E-state index in [4.69, 9.17) is 23.7 Å². The third-order valence-electron chi connectivity index (χ3n) is 4.09. The van der Waals surface area contributed by atoms with Crippen molar-refractivity contribution in [2.24, 2.45) is 0 Å². The molecule has 0 atom stereocenters. The molecule has 0 heterocycles. The lowest BCUT2D eigenvalue weighted by atomic mass is 9.87. The SMILES string of the molecule is COCOC(=O)c1cc(Br)cc(COc2ccc(C(C)(C)C)cc2)c1OCOC. The molecule has 0 aliphatic carbocycles. The highest BCUT2D eigenvalue weighted by Crippen LogP contribution is 2.31. The van der Waals surface area contributed by atoms with Gasteiger partial charge < -0.3 is 23.7 Å². The number of halogens is 1. The Bertz CT molecular complexity index is 811. The highest BCUT2D eigenvalue weighted by atomic mass is 79.9. The van der Waals surface area contributed by atoms with Crippen LogP contribution >= 0.6 is 15.9 Å². The maximum Gasteiger partial charge on any atom is 0.344 e. The number of hydrogen-bond acceptors (Lipinski definition) is 6. The topological polar surface area (TPSA) is 63.2 Å². The summed E-state index contributed by atoms with van der Waals surface area (Å²) in [7, 11) is 2.95. The van der Waals surface area contributed by atoms with Crippen LogP contribution in [0, 0.1) is 0 Å². The van der Waals surface area contributed by atoms with Crippen molar-refractivity contribution in [3.05, 3.63) is 57.6 Å². The second-order valence-electron chi connectivity index (χ2n) is 7.39. The summed E-state index contributed by atoms with van der Waals surface area (Å²) in [6.45, 7) is 6.52. The minimum atomic E-state index is -0.560. The van der Waals surface area contributed by atoms with Crippen LogP contribution in [0.2, 0.25) is 0 Å². The van der Waals surface area contributed by atoms with Gasteiger partial charge in [-0.3, -0.25) is 0 Å². The lowest BCUT2D eigenvalue weighted by molar-refractivity contribution is -0.0133. The molecule has 0 radical (unpaired) electrons. The quantitative estimate of drug-likeness (QED) is 0.379. The van der Waals surface area contributed by atoms with E-state index in [1.807, 2.05) is 30.3 Å². The summed E-state index contributed by atoms with van der Waals surface area (Å²) < 4.78 is 27.2. The fourth-order valence-corrected chi connectivity index (χ4v) is 3.10. The van der Waals surface area contributed by atoms with E-state index in [9.17, 15) is 4.79 Å². The molecule has 2 aromatic rings. The Morgan fingerprint density at radius 1 is 0.966 bits per heavy atom. The van der Waals surface area contributed by atoms with Crippen LogP contribution in [0.15, 0.2) is 40.9 Å². The van der Waals surface area contributed by atoms with Crippen LogP contribution in [0.5, 0.6) is 11.5 Å². The van der Waals surface area contributed by atoms with Crippen LogP contribution in [0.1, 0.15) is 42.3 Å². The van der Waals surface area contributed by atoms with E-state index in [0.717, 1.165) is 5.75 Å². The fraction of sp³-hybridized carbons (Fsp3) is 0.409. The highest BCUT2D eigenvalue weighted by Gasteiger charge is 2.20. The van der Waals surface area contributed by atoms with Crippen molar-refractivity contribution in [1.82, 2.24) is 0 Å². The number of hydrogen-bond donors (Lipinski definition) is 0. The standard InChI is InChI=1S/C22H27BrO6/c1-22(2,3)16-6-8-18(9-7-16)27-12-15-10-17(23)11-19(20(15)28-13-25-4)21(24)29-14-26-5/h6-11H,12-14H2,1-5H3. The Labute approximate surface area is 180 Å². The molecular weight excluding hydrogens is 440 g/mol. The number of esters is 1. The molecule has 0 spiro atoms. The van der Waals surface area contributed by atoms with Gasteiger partial charge >= 0.3 is 5.97 Å². The van der Waals surface area contributed by atoms with E-state index in [2.05, 4.69) is 36.7 Å². The Balaban J connectivity index is 2.26. The van der Waals surface area contributed by atoms with Gasteiger partial charge in [0.25, 0.3) is 0 Å². The summed E-state index contributed by atoms with van der Waals surface area (Å²) in [5.41, 5.74) is 2.23. The second-order valence-corrected chi connectivity index (χ2v) is 8.31. The number of methoxy groups -OCH3 is 2. The molecular formula is C22H27BrO6. The van der Waals surface area contributed by atoms with E-state index in [0.29, 0.717) is 15.8 Å². The molecule has 0 saturated heterocycles. The molecule has 7 heteroatoms. The third-order valence-corrected chi connectivity index (χ3v) is 4.55. The molecule has 0 N–H and O–H groups in total. The smallest absolute Gasteiger partial charge is 0.344 e. The lowest BCUT2D eigenvalue weighted by Gasteiger charge is -2.19. The van der Waals surface area contributed by atoms with Gasteiger partial charge in [-0.05, 0) is 35.2 Å². The van der Waals surface area contributed by atoms with E-state index in [-0.39, 0.29) is 31.2 Å². The van der Waals surface area contributed by atoms with Crippen molar-refractivity contribution in [3.63, 3.8) is 0 Å². The van der Waals surface area contributed by atoms with Gasteiger partial charge in [0.1, 0.15) is 23.7 Å². The largest absolute Gasteiger partial charge is 0.489 e. The first-order valence-corrected chi connectivity index (χ1v) is 9.89. The summed E-state index contributed by atoms with van der Waals surface area (Å²) in [6.07, 6.45) is 0. The predicted molar refractivity (Wildman–Crippen MR) is 113 cm³/mol. The van der Waals surface area contributed by atoms with Gasteiger partial charge in [0, 0.05) is 24.3 Å². The van der Waals surface area contributed by atoms with Gasteiger partial charge in [-0.1, -0.05) is 48.8 Å². The monoisotopic (exact) mass is 466 g/mol. The number of carbonyl (C=O) groups excluding carboxylic acids is 1. The average molecular weight is 467 g/mol. The van der Waals surface area contributed by atoms with E-state index < -0.39 is 5.97 Å².